The van der Waals surface area contributed by atoms with Crippen molar-refractivity contribution in [2.24, 2.45) is 0 Å². The molecule has 0 aliphatic rings. The number of nitrogens with two attached hydrogens (primary N) is 2. The maximum atomic E-state index is 13.5. The molecule has 31 heavy (non-hydrogen) atoms. The molecule has 1 atom stereocenters. The van der Waals surface area contributed by atoms with Crippen molar-refractivity contribution in [3.05, 3.63) is 55.3 Å². The first kappa shape index (κ1) is 21.2. The van der Waals surface area contributed by atoms with Gasteiger partial charge in [0, 0.05) is 6.20 Å². The van der Waals surface area contributed by atoms with E-state index >= 15 is 0 Å². The molecule has 0 fully saturated rings. The molecular weight excluding hydrogens is 465 g/mol. The third-order valence-corrected chi connectivity index (χ3v) is 5.62. The van der Waals surface area contributed by atoms with E-state index in [1.807, 2.05) is 0 Å². The number of fused-ring (bicyclic) bond motifs is 1. The molecule has 0 radical (unpaired) electrons. The molecule has 0 aliphatic heterocycles. The summed E-state index contributed by atoms with van der Waals surface area (Å²) in [5, 5.41) is 10.7. The Morgan fingerprint density at radius 3 is 2.52 bits per heavy atom. The fourth-order valence-electron chi connectivity index (χ4n) is 3.18. The number of nitrogen functional groups attached to an aromatic ring is 2. The molecule has 3 aromatic heterocycles. The van der Waals surface area contributed by atoms with Crippen molar-refractivity contribution in [3.8, 4) is 5.69 Å². The molecule has 0 aliphatic carbocycles. The molecule has 0 spiro atoms. The van der Waals surface area contributed by atoms with Crippen molar-refractivity contribution in [1.82, 2.24) is 29.7 Å². The lowest BCUT2D eigenvalue weighted by Crippen LogP contribution is -2.28. The van der Waals surface area contributed by atoms with Gasteiger partial charge in [-0.25, -0.2) is 4.98 Å². The fourth-order valence-corrected chi connectivity index (χ4v) is 3.76. The maximum absolute atomic E-state index is 13.5. The molecule has 160 valence electrons. The van der Waals surface area contributed by atoms with Gasteiger partial charge in [0.05, 0.1) is 38.4 Å². The van der Waals surface area contributed by atoms with Gasteiger partial charge < -0.3 is 16.8 Å². The number of hydrogen-bond donors (Lipinski definition) is 4. The van der Waals surface area contributed by atoms with Crippen LogP contribution in [-0.2, 0) is 0 Å². The third-order valence-electron chi connectivity index (χ3n) is 4.63. The topological polar surface area (TPSA) is 153 Å². The fraction of sp³-hybridized carbons (Fsp3) is 0.167. The molecule has 13 heteroatoms. The van der Waals surface area contributed by atoms with Crippen molar-refractivity contribution in [3.63, 3.8) is 0 Å². The van der Waals surface area contributed by atoms with Gasteiger partial charge in [-0.1, -0.05) is 34.8 Å². The number of aromatic nitrogens is 6. The minimum atomic E-state index is -0.590. The second kappa shape index (κ2) is 7.88. The molecule has 10 nitrogen and oxygen atoms in total. The van der Waals surface area contributed by atoms with E-state index in [1.165, 1.54) is 4.57 Å². The van der Waals surface area contributed by atoms with Gasteiger partial charge >= 0.3 is 0 Å². The number of nitrogens with one attached hydrogen (secondary N) is 2. The lowest BCUT2D eigenvalue weighted by atomic mass is 10.2. The first-order valence-electron chi connectivity index (χ1n) is 8.95. The van der Waals surface area contributed by atoms with E-state index in [0.717, 1.165) is 0 Å². The standard InChI is InChI=1S/C18H16Cl3N9O/c1-6-10(5-24-29-6)30-16(7(2)25-15-12(21)14(22)27-18(23)28-15)26-13-9(20)4-3-8(19)11(13)17(30)31/h3-5,7H,1-2H3,(H,24,29)(H5,22,23,25,27,28)/t7-/m0/s1. The summed E-state index contributed by atoms with van der Waals surface area (Å²) < 4.78 is 1.41. The maximum Gasteiger partial charge on any atom is 0.267 e. The Hall–Kier alpha value is -3.08. The molecule has 6 N–H and O–H groups in total. The van der Waals surface area contributed by atoms with Gasteiger partial charge in [0.2, 0.25) is 5.95 Å². The second-order valence-corrected chi connectivity index (χ2v) is 7.91. The molecule has 0 bridgehead atoms. The highest BCUT2D eigenvalue weighted by atomic mass is 35.5. The van der Waals surface area contributed by atoms with Crippen molar-refractivity contribution < 1.29 is 0 Å². The summed E-state index contributed by atoms with van der Waals surface area (Å²) in [6, 6.07) is 2.54. The van der Waals surface area contributed by atoms with Gasteiger partial charge in [-0.05, 0) is 26.0 Å². The quantitative estimate of drug-likeness (QED) is 0.346. The summed E-state index contributed by atoms with van der Waals surface area (Å²) >= 11 is 18.9. The minimum absolute atomic E-state index is 0.0215. The van der Waals surface area contributed by atoms with E-state index in [4.69, 9.17) is 46.3 Å². The van der Waals surface area contributed by atoms with Crippen LogP contribution in [0, 0.1) is 6.92 Å². The first-order valence-corrected chi connectivity index (χ1v) is 10.1. The number of halogens is 3. The van der Waals surface area contributed by atoms with Gasteiger partial charge in [0.25, 0.3) is 5.56 Å². The van der Waals surface area contributed by atoms with Crippen molar-refractivity contribution >= 4 is 63.3 Å². The summed E-state index contributed by atoms with van der Waals surface area (Å²) in [6.07, 6.45) is 1.59. The van der Waals surface area contributed by atoms with Crippen LogP contribution in [0.4, 0.5) is 17.6 Å². The Morgan fingerprint density at radius 2 is 1.84 bits per heavy atom. The zero-order chi connectivity index (χ0) is 22.4. The molecular formula is C18H16Cl3N9O. The lowest BCUT2D eigenvalue weighted by Gasteiger charge is -2.21. The molecule has 4 aromatic rings. The van der Waals surface area contributed by atoms with E-state index in [-0.39, 0.29) is 43.6 Å². The number of rotatable bonds is 4. The summed E-state index contributed by atoms with van der Waals surface area (Å²) in [4.78, 5) is 26.1. The van der Waals surface area contributed by atoms with Crippen LogP contribution >= 0.6 is 34.8 Å². The molecule has 0 saturated carbocycles. The van der Waals surface area contributed by atoms with Crippen LogP contribution in [0.1, 0.15) is 24.5 Å². The molecule has 0 amide bonds. The molecule has 0 saturated heterocycles. The smallest absolute Gasteiger partial charge is 0.267 e. The van der Waals surface area contributed by atoms with E-state index < -0.39 is 11.6 Å². The van der Waals surface area contributed by atoms with Crippen molar-refractivity contribution in [1.29, 1.82) is 0 Å². The number of H-pyrrole nitrogens is 1. The number of hydrogen-bond acceptors (Lipinski definition) is 8. The SMILES string of the molecule is Cc1n[nH]cc1-n1c([C@H](C)Nc2nc(N)nc(N)c2Cl)nc2c(Cl)ccc(Cl)c2c1=O. The average molecular weight is 481 g/mol. The van der Waals surface area contributed by atoms with Gasteiger partial charge in [-0.15, -0.1) is 0 Å². The molecule has 1 aromatic carbocycles. The van der Waals surface area contributed by atoms with Gasteiger partial charge in [0.1, 0.15) is 16.7 Å². The van der Waals surface area contributed by atoms with E-state index in [1.54, 1.807) is 32.2 Å². The van der Waals surface area contributed by atoms with E-state index in [9.17, 15) is 4.79 Å². The number of aromatic amines is 1. The van der Waals surface area contributed by atoms with Crippen LogP contribution in [0.2, 0.25) is 15.1 Å². The average Bonchev–Trinajstić information content (AvgIpc) is 3.13. The third kappa shape index (κ3) is 3.62. The van der Waals surface area contributed by atoms with Crippen LogP contribution in [0.25, 0.3) is 16.6 Å². The van der Waals surface area contributed by atoms with Gasteiger partial charge in [-0.3, -0.25) is 14.5 Å². The summed E-state index contributed by atoms with van der Waals surface area (Å²) in [6.45, 7) is 3.52. The van der Waals surface area contributed by atoms with Gasteiger partial charge in [0.15, 0.2) is 5.82 Å². The number of aryl methyl sites for hydroxylation is 1. The van der Waals surface area contributed by atoms with Crippen molar-refractivity contribution in [2.75, 3.05) is 16.8 Å². The number of benzene rings is 1. The monoisotopic (exact) mass is 479 g/mol. The number of nitrogens with zero attached hydrogens (tertiary/aromatic N) is 5. The summed E-state index contributed by atoms with van der Waals surface area (Å²) in [5.74, 6) is 0.480. The molecule has 0 unspecified atom stereocenters. The van der Waals surface area contributed by atoms with Crippen LogP contribution < -0.4 is 22.3 Å². The highest BCUT2D eigenvalue weighted by Crippen LogP contribution is 2.31. The predicted octanol–water partition coefficient (Wildman–Crippen LogP) is 3.50. The highest BCUT2D eigenvalue weighted by molar-refractivity contribution is 6.39. The van der Waals surface area contributed by atoms with Gasteiger partial charge in [-0.2, -0.15) is 15.1 Å². The molecule has 3 heterocycles. The minimum Gasteiger partial charge on any atom is -0.382 e. The molecule has 4 rings (SSSR count). The Morgan fingerprint density at radius 1 is 1.13 bits per heavy atom. The highest BCUT2D eigenvalue weighted by Gasteiger charge is 2.23. The van der Waals surface area contributed by atoms with Crippen LogP contribution in [0.3, 0.4) is 0 Å². The Balaban J connectivity index is 1.98. The van der Waals surface area contributed by atoms with Crippen LogP contribution in [-0.4, -0.2) is 29.7 Å². The largest absolute Gasteiger partial charge is 0.382 e. The summed E-state index contributed by atoms with van der Waals surface area (Å²) in [7, 11) is 0. The second-order valence-electron chi connectivity index (χ2n) is 6.71. The summed E-state index contributed by atoms with van der Waals surface area (Å²) in [5.41, 5.74) is 12.4. The number of anilines is 3. The lowest BCUT2D eigenvalue weighted by molar-refractivity contribution is 0.729. The normalized spacial score (nSPS) is 12.3. The zero-order valence-corrected chi connectivity index (χ0v) is 18.5. The Bertz CT molecular complexity index is 1380. The van der Waals surface area contributed by atoms with E-state index in [0.29, 0.717) is 17.2 Å². The van der Waals surface area contributed by atoms with Crippen molar-refractivity contribution in [2.45, 2.75) is 19.9 Å². The first-order chi connectivity index (χ1) is 14.7. The Kier molecular flexibility index (Phi) is 5.38. The van der Waals surface area contributed by atoms with Crippen LogP contribution in [0.5, 0.6) is 0 Å². The Labute approximate surface area is 190 Å². The van der Waals surface area contributed by atoms with E-state index in [2.05, 4.69) is 30.5 Å². The van der Waals surface area contributed by atoms with Crippen LogP contribution in [0.15, 0.2) is 23.1 Å². The predicted molar refractivity (Wildman–Crippen MR) is 122 cm³/mol. The zero-order valence-electron chi connectivity index (χ0n) is 16.2.